The SMILES string of the molecule is Cc1ccc(-c2cc3cc4c(cc(-c5ccc(C)cc5)n4-c4ccc5c(c4)C(C)(C)c4ccccc4-5)cc3n2-c2ccc3c(c2)C(C)(C)c2ccccc2-3)cc1.Cc1ccc(-c2cc3cc4c(cc(-c5ccc(C)cc5)n4-c4ccc5c(c4)C(c4ccccc4)(c4ccccc4)c4ccccc4-5)cc3n2-c2ccc3c(c2)C(c2ccccc2)(c2ccccc2)c2ccccc2-3)cc1. The van der Waals surface area contributed by atoms with Crippen molar-refractivity contribution in [2.24, 2.45) is 0 Å². The normalized spacial score (nSPS) is 14.0. The largest absolute Gasteiger partial charge is 0.309 e. The molecule has 4 heteroatoms. The van der Waals surface area contributed by atoms with E-state index in [1.54, 1.807) is 0 Å². The van der Waals surface area contributed by atoms with Gasteiger partial charge in [-0.2, -0.15) is 0 Å². The number of fused-ring (bicyclic) bond motifs is 16. The highest BCUT2D eigenvalue weighted by atomic mass is 15.0. The van der Waals surface area contributed by atoms with Gasteiger partial charge in [0.05, 0.1) is 55.7 Å². The smallest absolute Gasteiger partial charge is 0.0714 e. The fourth-order valence-electron chi connectivity index (χ4n) is 23.5. The van der Waals surface area contributed by atoms with Gasteiger partial charge >= 0.3 is 0 Å². The van der Waals surface area contributed by atoms with Crippen molar-refractivity contribution < 1.29 is 0 Å². The molecule has 132 heavy (non-hydrogen) atoms. The van der Waals surface area contributed by atoms with Gasteiger partial charge in [0, 0.05) is 55.1 Å². The quantitative estimate of drug-likeness (QED) is 0.116. The maximum atomic E-state index is 2.52. The first-order valence-electron chi connectivity index (χ1n) is 46.5. The van der Waals surface area contributed by atoms with Crippen LogP contribution in [0.15, 0.2) is 437 Å². The van der Waals surface area contributed by atoms with E-state index in [1.807, 2.05) is 0 Å². The minimum Gasteiger partial charge on any atom is -0.309 e. The molecule has 4 aromatic heterocycles. The molecule has 0 atom stereocenters. The monoisotopic (exact) mass is 1690 g/mol. The Morgan fingerprint density at radius 3 is 0.629 bits per heavy atom. The summed E-state index contributed by atoms with van der Waals surface area (Å²) in [7, 11) is 0. The zero-order chi connectivity index (χ0) is 88.6. The van der Waals surface area contributed by atoms with Crippen LogP contribution in [0, 0.1) is 27.7 Å². The average Bonchev–Trinajstić information content (AvgIpc) is 1.53. The molecular weight excluding hydrogens is 1590 g/mol. The standard InChI is InChI=1S/C74H52N2.C54H44N2/c1-49-31-35-51(36-32-49)69-43-53-45-72-54(46-71(53)75(69)59-39-41-63-61-27-15-17-29-65(61)73(67(63)47-59,55-19-7-3-8-20-55)56-21-9-4-10-22-56)44-70(52-37-33-50(2)34-38-52)76(72)60-40-42-64-62-28-16-18-30-66(62)74(68(64)48-60,57-23-11-5-12-24-57)58-25-13-6-14-26-58;1-33-15-19-35(20-16-33)49-27-37-29-52-38(30-51(37)55(49)39-23-25-43-41-11-7-9-13-45(41)53(3,4)47(43)31-39)28-50(36-21-17-34(2)18-22-36)56(52)40-24-26-44-42-12-8-10-14-46(42)54(5,6)48(44)32-40/h3-48H,1-2H3;7-32H,1-6H3. The molecule has 0 saturated heterocycles. The van der Waals surface area contributed by atoms with E-state index in [4.69, 9.17) is 0 Å². The summed E-state index contributed by atoms with van der Waals surface area (Å²) in [6, 6.07) is 165. The molecular formula is C128H96N4. The van der Waals surface area contributed by atoms with Crippen molar-refractivity contribution in [3.8, 4) is 112 Å². The molecule has 4 aliphatic rings. The molecule has 0 radical (unpaired) electrons. The molecule has 0 N–H and O–H groups in total. The van der Waals surface area contributed by atoms with Gasteiger partial charge in [0.25, 0.3) is 0 Å². The van der Waals surface area contributed by atoms with Gasteiger partial charge in [-0.3, -0.25) is 0 Å². The van der Waals surface area contributed by atoms with Gasteiger partial charge < -0.3 is 18.3 Å². The van der Waals surface area contributed by atoms with Gasteiger partial charge in [0.15, 0.2) is 0 Å². The van der Waals surface area contributed by atoms with Crippen LogP contribution in [0.1, 0.15) is 117 Å². The number of hydrogen-bond acceptors (Lipinski definition) is 0. The molecule has 26 rings (SSSR count). The highest BCUT2D eigenvalue weighted by Gasteiger charge is 2.49. The molecule has 18 aromatic carbocycles. The Labute approximate surface area is 771 Å². The van der Waals surface area contributed by atoms with E-state index < -0.39 is 10.8 Å². The summed E-state index contributed by atoms with van der Waals surface area (Å²) in [6.07, 6.45) is 0. The molecule has 0 unspecified atom stereocenters. The molecule has 0 fully saturated rings. The van der Waals surface area contributed by atoms with Crippen LogP contribution in [0.3, 0.4) is 0 Å². The van der Waals surface area contributed by atoms with Gasteiger partial charge in [-0.25, -0.2) is 0 Å². The van der Waals surface area contributed by atoms with Crippen molar-refractivity contribution in [2.45, 2.75) is 77.0 Å². The Hall–Kier alpha value is -15.9. The zero-order valence-corrected chi connectivity index (χ0v) is 75.4. The van der Waals surface area contributed by atoms with E-state index >= 15 is 0 Å². The number of benzene rings is 18. The first-order chi connectivity index (χ1) is 64.6. The van der Waals surface area contributed by atoms with Crippen molar-refractivity contribution in [3.05, 3.63) is 526 Å². The summed E-state index contributed by atoms with van der Waals surface area (Å²) in [5, 5.41) is 4.80. The van der Waals surface area contributed by atoms with Crippen LogP contribution in [-0.4, -0.2) is 18.3 Å². The third-order valence-electron chi connectivity index (χ3n) is 29.9. The molecule has 4 nitrogen and oxygen atoms in total. The second-order valence-corrected chi connectivity index (χ2v) is 38.2. The molecule has 4 heterocycles. The van der Waals surface area contributed by atoms with Crippen LogP contribution in [0.4, 0.5) is 0 Å². The van der Waals surface area contributed by atoms with Crippen LogP contribution < -0.4 is 0 Å². The van der Waals surface area contributed by atoms with Gasteiger partial charge in [-0.15, -0.1) is 0 Å². The topological polar surface area (TPSA) is 19.7 Å². The van der Waals surface area contributed by atoms with Crippen LogP contribution in [0.5, 0.6) is 0 Å². The number of aryl methyl sites for hydroxylation is 4. The maximum Gasteiger partial charge on any atom is 0.0714 e. The maximum absolute atomic E-state index is 2.52. The Bertz CT molecular complexity index is 7840. The van der Waals surface area contributed by atoms with E-state index in [9.17, 15) is 0 Å². The molecule has 0 amide bonds. The Balaban J connectivity index is 0.000000149. The summed E-state index contributed by atoms with van der Waals surface area (Å²) in [5.41, 5.74) is 48.8. The minimum absolute atomic E-state index is 0.0892. The number of hydrogen-bond donors (Lipinski definition) is 0. The highest BCUT2D eigenvalue weighted by molar-refractivity contribution is 6.05. The van der Waals surface area contributed by atoms with Gasteiger partial charge in [-0.05, 0) is 258 Å². The van der Waals surface area contributed by atoms with Crippen molar-refractivity contribution in [1.29, 1.82) is 0 Å². The minimum atomic E-state index is -0.527. The molecule has 0 saturated carbocycles. The first-order valence-corrected chi connectivity index (χ1v) is 46.5. The van der Waals surface area contributed by atoms with E-state index in [2.05, 4.69) is 510 Å². The molecule has 628 valence electrons. The Kier molecular flexibility index (Phi) is 17.7. The summed E-state index contributed by atoms with van der Waals surface area (Å²) in [6.45, 7) is 18.1. The molecule has 0 bridgehead atoms. The second-order valence-electron chi connectivity index (χ2n) is 38.2. The summed E-state index contributed by atoms with van der Waals surface area (Å²) >= 11 is 0. The lowest BCUT2D eigenvalue weighted by molar-refractivity contribution is 0.659. The number of nitrogens with zero attached hydrogens (tertiary/aromatic N) is 4. The Morgan fingerprint density at radius 2 is 0.371 bits per heavy atom. The lowest BCUT2D eigenvalue weighted by atomic mass is 9.67. The third kappa shape index (κ3) is 11.8. The zero-order valence-electron chi connectivity index (χ0n) is 75.4. The molecule has 4 aliphatic carbocycles. The second kappa shape index (κ2) is 29.8. The van der Waals surface area contributed by atoms with Crippen LogP contribution >= 0.6 is 0 Å². The average molecular weight is 1690 g/mol. The van der Waals surface area contributed by atoms with Crippen molar-refractivity contribution in [1.82, 2.24) is 18.3 Å². The number of rotatable bonds is 12. The first kappa shape index (κ1) is 78.4. The number of aromatic nitrogens is 4. The molecule has 0 aliphatic heterocycles. The summed E-state index contributed by atoms with van der Waals surface area (Å²) in [5.74, 6) is 0. The molecule has 0 spiro atoms. The van der Waals surface area contributed by atoms with E-state index in [0.717, 1.165) is 33.8 Å². The predicted octanol–water partition coefficient (Wildman–Crippen LogP) is 32.4. The van der Waals surface area contributed by atoms with Crippen molar-refractivity contribution in [3.63, 3.8) is 0 Å². The van der Waals surface area contributed by atoms with E-state index in [1.165, 1.54) is 211 Å². The lowest BCUT2D eigenvalue weighted by Gasteiger charge is -2.34. The van der Waals surface area contributed by atoms with Gasteiger partial charge in [0.2, 0.25) is 0 Å². The van der Waals surface area contributed by atoms with E-state index in [0.29, 0.717) is 0 Å². The summed E-state index contributed by atoms with van der Waals surface area (Å²) in [4.78, 5) is 0. The van der Waals surface area contributed by atoms with E-state index in [-0.39, 0.29) is 10.8 Å². The van der Waals surface area contributed by atoms with Crippen LogP contribution in [0.2, 0.25) is 0 Å². The third-order valence-corrected chi connectivity index (χ3v) is 29.9. The van der Waals surface area contributed by atoms with Crippen LogP contribution in [0.25, 0.3) is 156 Å². The van der Waals surface area contributed by atoms with Crippen LogP contribution in [-0.2, 0) is 21.7 Å². The molecule has 22 aromatic rings. The predicted molar refractivity (Wildman–Crippen MR) is 551 cm³/mol. The lowest BCUT2D eigenvalue weighted by Crippen LogP contribution is -2.28. The fraction of sp³-hybridized carbons (Fsp3) is 0.0938. The van der Waals surface area contributed by atoms with Crippen molar-refractivity contribution >= 4 is 43.6 Å². The highest BCUT2D eigenvalue weighted by Crippen LogP contribution is 2.60. The van der Waals surface area contributed by atoms with Gasteiger partial charge in [0.1, 0.15) is 0 Å². The van der Waals surface area contributed by atoms with Gasteiger partial charge in [-0.1, -0.05) is 390 Å². The fourth-order valence-corrected chi connectivity index (χ4v) is 23.5. The van der Waals surface area contributed by atoms with Crippen molar-refractivity contribution in [2.75, 3.05) is 0 Å². The summed E-state index contributed by atoms with van der Waals surface area (Å²) < 4.78 is 10.0. The Morgan fingerprint density at radius 1 is 0.167 bits per heavy atom.